The number of benzene rings is 1. The number of thioether (sulfide) groups is 1. The summed E-state index contributed by atoms with van der Waals surface area (Å²) in [6, 6.07) is 6.02. The molecule has 1 aliphatic rings. The monoisotopic (exact) mass is 237 g/mol. The van der Waals surface area contributed by atoms with Crippen LogP contribution >= 0.6 is 11.8 Å². The van der Waals surface area contributed by atoms with Crippen LogP contribution in [-0.4, -0.2) is 23.0 Å². The highest BCUT2D eigenvalue weighted by molar-refractivity contribution is 8.15. The van der Waals surface area contributed by atoms with Crippen LogP contribution in [0.1, 0.15) is 5.56 Å². The van der Waals surface area contributed by atoms with E-state index in [1.807, 2.05) is 0 Å². The first-order chi connectivity index (χ1) is 7.74. The van der Waals surface area contributed by atoms with Gasteiger partial charge in [0, 0.05) is 0 Å². The van der Waals surface area contributed by atoms with Crippen molar-refractivity contribution in [1.82, 2.24) is 5.32 Å². The van der Waals surface area contributed by atoms with E-state index in [4.69, 9.17) is 0 Å². The van der Waals surface area contributed by atoms with E-state index in [1.165, 1.54) is 30.1 Å². The molecule has 0 atom stereocenters. The summed E-state index contributed by atoms with van der Waals surface area (Å²) >= 11 is 1.29. The van der Waals surface area contributed by atoms with Crippen LogP contribution in [0.3, 0.4) is 0 Å². The number of halogens is 1. The fourth-order valence-electron chi connectivity index (χ4n) is 1.11. The molecule has 1 aliphatic heterocycles. The van der Waals surface area contributed by atoms with E-state index in [1.54, 1.807) is 12.1 Å². The Morgan fingerprint density at radius 3 is 3.06 bits per heavy atom. The van der Waals surface area contributed by atoms with Crippen LogP contribution in [0.2, 0.25) is 0 Å². The van der Waals surface area contributed by atoms with Crippen LogP contribution in [0.25, 0.3) is 0 Å². The van der Waals surface area contributed by atoms with E-state index in [-0.39, 0.29) is 11.7 Å². The second kappa shape index (κ2) is 4.89. The summed E-state index contributed by atoms with van der Waals surface area (Å²) in [6.07, 6.45) is 1.43. The molecule has 1 saturated heterocycles. The molecule has 1 aromatic carbocycles. The first kappa shape index (κ1) is 10.8. The van der Waals surface area contributed by atoms with Gasteiger partial charge in [0.25, 0.3) is 0 Å². The van der Waals surface area contributed by atoms with Crippen LogP contribution in [0.4, 0.5) is 4.39 Å². The summed E-state index contributed by atoms with van der Waals surface area (Å²) in [5.41, 5.74) is 0.624. The number of hydrogen-bond donors (Lipinski definition) is 1. The maximum Gasteiger partial charge on any atom is 0.236 e. The Morgan fingerprint density at radius 2 is 2.38 bits per heavy atom. The van der Waals surface area contributed by atoms with Gasteiger partial charge in [-0.15, -0.1) is 5.10 Å². The van der Waals surface area contributed by atoms with Gasteiger partial charge in [-0.25, -0.2) is 4.39 Å². The fourth-order valence-corrected chi connectivity index (χ4v) is 1.74. The third-order valence-electron chi connectivity index (χ3n) is 1.79. The van der Waals surface area contributed by atoms with Crippen molar-refractivity contribution in [1.29, 1.82) is 0 Å². The molecule has 1 fully saturated rings. The quantitative estimate of drug-likeness (QED) is 0.624. The van der Waals surface area contributed by atoms with E-state index in [9.17, 15) is 9.18 Å². The van der Waals surface area contributed by atoms with Crippen LogP contribution in [-0.2, 0) is 4.79 Å². The van der Waals surface area contributed by atoms with E-state index in [0.29, 0.717) is 16.5 Å². The molecule has 0 radical (unpaired) electrons. The molecule has 4 nitrogen and oxygen atoms in total. The van der Waals surface area contributed by atoms with Crippen molar-refractivity contribution in [2.24, 2.45) is 10.2 Å². The molecule has 0 aromatic heterocycles. The predicted octanol–water partition coefficient (Wildman–Crippen LogP) is 1.38. The van der Waals surface area contributed by atoms with Crippen molar-refractivity contribution < 1.29 is 9.18 Å². The highest BCUT2D eigenvalue weighted by Gasteiger charge is 2.15. The van der Waals surface area contributed by atoms with E-state index >= 15 is 0 Å². The van der Waals surface area contributed by atoms with Gasteiger partial charge in [0.05, 0.1) is 12.0 Å². The number of amidine groups is 1. The van der Waals surface area contributed by atoms with Gasteiger partial charge in [-0.1, -0.05) is 23.9 Å². The van der Waals surface area contributed by atoms with E-state index in [2.05, 4.69) is 15.5 Å². The SMILES string of the molecule is O=C1CS/C(=N/N=C/c2cccc(F)c2)N1. The molecule has 1 heterocycles. The van der Waals surface area contributed by atoms with Crippen LogP contribution in [0.5, 0.6) is 0 Å². The number of carbonyl (C=O) groups excluding carboxylic acids is 1. The van der Waals surface area contributed by atoms with Gasteiger partial charge in [-0.2, -0.15) is 5.10 Å². The van der Waals surface area contributed by atoms with Gasteiger partial charge >= 0.3 is 0 Å². The zero-order chi connectivity index (χ0) is 11.4. The highest BCUT2D eigenvalue weighted by atomic mass is 32.2. The van der Waals surface area contributed by atoms with Gasteiger partial charge in [-0.3, -0.25) is 4.79 Å². The molecular formula is C10H8FN3OS. The summed E-state index contributed by atoms with van der Waals surface area (Å²) in [4.78, 5) is 10.8. The number of carbonyl (C=O) groups is 1. The molecule has 1 N–H and O–H groups in total. The molecule has 2 rings (SSSR count). The normalized spacial score (nSPS) is 18.3. The Labute approximate surface area is 95.6 Å². The van der Waals surface area contributed by atoms with Gasteiger partial charge in [-0.05, 0) is 17.7 Å². The van der Waals surface area contributed by atoms with Crippen molar-refractivity contribution in [3.8, 4) is 0 Å². The second-order valence-electron chi connectivity index (χ2n) is 3.04. The maximum absolute atomic E-state index is 12.8. The lowest BCUT2D eigenvalue weighted by Crippen LogP contribution is -2.19. The number of amides is 1. The molecule has 0 spiro atoms. The molecule has 1 amide bonds. The zero-order valence-corrected chi connectivity index (χ0v) is 9.00. The minimum atomic E-state index is -0.319. The lowest BCUT2D eigenvalue weighted by Gasteiger charge is -1.92. The summed E-state index contributed by atoms with van der Waals surface area (Å²) < 4.78 is 12.8. The molecule has 0 aliphatic carbocycles. The topological polar surface area (TPSA) is 53.8 Å². The third-order valence-corrected chi connectivity index (χ3v) is 2.65. The Bertz CT molecular complexity index is 473. The Balaban J connectivity index is 2.02. The van der Waals surface area contributed by atoms with Crippen molar-refractivity contribution >= 4 is 29.1 Å². The molecule has 0 bridgehead atoms. The lowest BCUT2D eigenvalue weighted by atomic mass is 10.2. The second-order valence-corrected chi connectivity index (χ2v) is 4.01. The summed E-state index contributed by atoms with van der Waals surface area (Å²) in [6.45, 7) is 0. The summed E-state index contributed by atoms with van der Waals surface area (Å²) in [5, 5.41) is 10.6. The van der Waals surface area contributed by atoms with Crippen molar-refractivity contribution in [2.75, 3.05) is 5.75 Å². The number of nitrogens with one attached hydrogen (secondary N) is 1. The maximum atomic E-state index is 12.8. The largest absolute Gasteiger partial charge is 0.303 e. The predicted molar refractivity (Wildman–Crippen MR) is 62.0 cm³/mol. The standard InChI is InChI=1S/C10H8FN3OS/c11-8-3-1-2-7(4-8)5-12-14-10-13-9(15)6-16-10/h1-5H,6H2,(H,13,14,15)/b12-5+. The molecule has 0 unspecified atom stereocenters. The third kappa shape index (κ3) is 2.90. The van der Waals surface area contributed by atoms with Crippen molar-refractivity contribution in [3.63, 3.8) is 0 Å². The Kier molecular flexibility index (Phi) is 3.31. The van der Waals surface area contributed by atoms with Gasteiger partial charge in [0.1, 0.15) is 5.82 Å². The molecule has 82 valence electrons. The van der Waals surface area contributed by atoms with Crippen LogP contribution < -0.4 is 5.32 Å². The molecular weight excluding hydrogens is 229 g/mol. The van der Waals surface area contributed by atoms with Crippen molar-refractivity contribution in [3.05, 3.63) is 35.6 Å². The number of nitrogens with zero attached hydrogens (tertiary/aromatic N) is 2. The Morgan fingerprint density at radius 1 is 1.50 bits per heavy atom. The van der Waals surface area contributed by atoms with Crippen LogP contribution in [0, 0.1) is 5.82 Å². The van der Waals surface area contributed by atoms with Gasteiger partial charge in [0.2, 0.25) is 5.91 Å². The average Bonchev–Trinajstić information content (AvgIpc) is 2.64. The molecule has 0 saturated carbocycles. The summed E-state index contributed by atoms with van der Waals surface area (Å²) in [7, 11) is 0. The lowest BCUT2D eigenvalue weighted by molar-refractivity contribution is -0.116. The molecule has 1 aromatic rings. The van der Waals surface area contributed by atoms with E-state index in [0.717, 1.165) is 0 Å². The van der Waals surface area contributed by atoms with Gasteiger partial charge < -0.3 is 5.32 Å². The molecule has 6 heteroatoms. The van der Waals surface area contributed by atoms with E-state index < -0.39 is 0 Å². The van der Waals surface area contributed by atoms with Crippen LogP contribution in [0.15, 0.2) is 34.5 Å². The average molecular weight is 237 g/mol. The van der Waals surface area contributed by atoms with Gasteiger partial charge in [0.15, 0.2) is 5.17 Å². The fraction of sp³-hybridized carbons (Fsp3) is 0.100. The minimum absolute atomic E-state index is 0.0790. The minimum Gasteiger partial charge on any atom is -0.303 e. The first-order valence-electron chi connectivity index (χ1n) is 4.53. The first-order valence-corrected chi connectivity index (χ1v) is 5.52. The zero-order valence-electron chi connectivity index (χ0n) is 8.18. The summed E-state index contributed by atoms with van der Waals surface area (Å²) in [5.74, 6) is -0.0289. The smallest absolute Gasteiger partial charge is 0.236 e. The number of rotatable bonds is 2. The van der Waals surface area contributed by atoms with Crippen molar-refractivity contribution in [2.45, 2.75) is 0 Å². The highest BCUT2D eigenvalue weighted by Crippen LogP contribution is 2.08. The Hall–Kier alpha value is -1.69. The molecule has 16 heavy (non-hydrogen) atoms. The number of hydrogen-bond acceptors (Lipinski definition) is 4.